The fraction of sp³-hybridized carbons (Fsp3) is 0.700. The molecule has 0 radical (unpaired) electrons. The zero-order valence-corrected chi connectivity index (χ0v) is 8.16. The molecule has 74 valence electrons. The number of hydrogen-bond acceptors (Lipinski definition) is 3. The lowest BCUT2D eigenvalue weighted by Crippen LogP contribution is -2.21. The lowest BCUT2D eigenvalue weighted by molar-refractivity contribution is 0.0327. The van der Waals surface area contributed by atoms with Gasteiger partial charge in [0.05, 0.1) is 6.61 Å². The van der Waals surface area contributed by atoms with E-state index in [1.54, 1.807) is 6.92 Å². The van der Waals surface area contributed by atoms with Gasteiger partial charge in [0.1, 0.15) is 6.10 Å². The summed E-state index contributed by atoms with van der Waals surface area (Å²) in [6.07, 6.45) is 5.29. The van der Waals surface area contributed by atoms with Crippen molar-refractivity contribution in [3.8, 4) is 0 Å². The molecular formula is C10H16O3. The second-order valence-corrected chi connectivity index (χ2v) is 3.34. The maximum absolute atomic E-state index is 10.9. The summed E-state index contributed by atoms with van der Waals surface area (Å²) in [6, 6.07) is 0. The van der Waals surface area contributed by atoms with Crippen molar-refractivity contribution >= 4 is 6.16 Å². The first kappa shape index (κ1) is 10.1. The summed E-state index contributed by atoms with van der Waals surface area (Å²) in [4.78, 5) is 10.9. The van der Waals surface area contributed by atoms with E-state index >= 15 is 0 Å². The quantitative estimate of drug-likeness (QED) is 0.488. The van der Waals surface area contributed by atoms with E-state index in [2.05, 4.69) is 17.7 Å². The van der Waals surface area contributed by atoms with Crippen LogP contribution in [-0.2, 0) is 9.47 Å². The van der Waals surface area contributed by atoms with Crippen LogP contribution in [0.1, 0.15) is 26.7 Å². The molecule has 0 heterocycles. The van der Waals surface area contributed by atoms with Crippen molar-refractivity contribution in [3.05, 3.63) is 12.2 Å². The van der Waals surface area contributed by atoms with Crippen LogP contribution >= 0.6 is 0 Å². The molecule has 0 saturated heterocycles. The normalized spacial score (nSPS) is 26.9. The monoisotopic (exact) mass is 184 g/mol. The number of rotatable bonds is 2. The van der Waals surface area contributed by atoms with Gasteiger partial charge in [-0.3, -0.25) is 0 Å². The molecule has 3 nitrogen and oxygen atoms in total. The molecule has 0 bridgehead atoms. The van der Waals surface area contributed by atoms with Gasteiger partial charge in [-0.05, 0) is 31.8 Å². The third kappa shape index (κ3) is 3.49. The van der Waals surface area contributed by atoms with E-state index in [1.807, 2.05) is 6.08 Å². The Kier molecular flexibility index (Phi) is 3.80. The number of carbonyl (C=O) groups excluding carboxylic acids is 1. The Morgan fingerprint density at radius 2 is 2.38 bits per heavy atom. The summed E-state index contributed by atoms with van der Waals surface area (Å²) in [5.41, 5.74) is 0. The smallest absolute Gasteiger partial charge is 0.435 e. The Labute approximate surface area is 78.7 Å². The van der Waals surface area contributed by atoms with Gasteiger partial charge in [-0.25, -0.2) is 4.79 Å². The Bertz CT molecular complexity index is 198. The highest BCUT2D eigenvalue weighted by Gasteiger charge is 2.18. The van der Waals surface area contributed by atoms with Crippen LogP contribution in [0.3, 0.4) is 0 Å². The van der Waals surface area contributed by atoms with Crippen LogP contribution in [0.5, 0.6) is 0 Å². The molecule has 0 aliphatic heterocycles. The van der Waals surface area contributed by atoms with E-state index < -0.39 is 6.16 Å². The summed E-state index contributed by atoms with van der Waals surface area (Å²) in [6.45, 7) is 4.27. The van der Waals surface area contributed by atoms with Crippen LogP contribution in [0.25, 0.3) is 0 Å². The molecule has 1 aliphatic carbocycles. The fourth-order valence-electron chi connectivity index (χ4n) is 1.40. The van der Waals surface area contributed by atoms with Crippen molar-refractivity contribution < 1.29 is 14.3 Å². The highest BCUT2D eigenvalue weighted by atomic mass is 16.7. The van der Waals surface area contributed by atoms with E-state index in [4.69, 9.17) is 4.74 Å². The minimum Gasteiger partial charge on any atom is -0.435 e. The van der Waals surface area contributed by atoms with Crippen LogP contribution in [0.15, 0.2) is 12.2 Å². The topological polar surface area (TPSA) is 35.5 Å². The maximum Gasteiger partial charge on any atom is 0.508 e. The van der Waals surface area contributed by atoms with Crippen molar-refractivity contribution in [1.82, 2.24) is 0 Å². The highest BCUT2D eigenvalue weighted by Crippen LogP contribution is 2.20. The SMILES string of the molecule is CCOC(=O)O[C@H]1C=CC[C@@H](C)C1. The molecule has 0 N–H and O–H groups in total. The van der Waals surface area contributed by atoms with Crippen molar-refractivity contribution in [2.75, 3.05) is 6.61 Å². The largest absolute Gasteiger partial charge is 0.508 e. The first-order valence-electron chi connectivity index (χ1n) is 4.72. The van der Waals surface area contributed by atoms with Crippen molar-refractivity contribution in [1.29, 1.82) is 0 Å². The van der Waals surface area contributed by atoms with Crippen LogP contribution in [0.2, 0.25) is 0 Å². The number of hydrogen-bond donors (Lipinski definition) is 0. The van der Waals surface area contributed by atoms with Crippen molar-refractivity contribution in [2.45, 2.75) is 32.8 Å². The van der Waals surface area contributed by atoms with Crippen molar-refractivity contribution in [3.63, 3.8) is 0 Å². The molecule has 0 amide bonds. The molecule has 0 fully saturated rings. The number of ether oxygens (including phenoxy) is 2. The average Bonchev–Trinajstić information content (AvgIpc) is 2.04. The Morgan fingerprint density at radius 1 is 1.62 bits per heavy atom. The van der Waals surface area contributed by atoms with Crippen LogP contribution in [0.4, 0.5) is 4.79 Å². The van der Waals surface area contributed by atoms with Crippen molar-refractivity contribution in [2.24, 2.45) is 5.92 Å². The van der Waals surface area contributed by atoms with E-state index in [-0.39, 0.29) is 6.10 Å². The van der Waals surface area contributed by atoms with E-state index in [0.717, 1.165) is 12.8 Å². The fourth-order valence-corrected chi connectivity index (χ4v) is 1.40. The van der Waals surface area contributed by atoms with Gasteiger partial charge in [-0.2, -0.15) is 0 Å². The molecule has 2 atom stereocenters. The minimum absolute atomic E-state index is 0.0946. The van der Waals surface area contributed by atoms with Crippen LogP contribution in [-0.4, -0.2) is 18.9 Å². The van der Waals surface area contributed by atoms with Gasteiger partial charge >= 0.3 is 6.16 Å². The zero-order chi connectivity index (χ0) is 9.68. The minimum atomic E-state index is -0.564. The molecule has 0 aromatic rings. The summed E-state index contributed by atoms with van der Waals surface area (Å²) in [7, 11) is 0. The first-order valence-corrected chi connectivity index (χ1v) is 4.72. The molecule has 0 aromatic carbocycles. The average molecular weight is 184 g/mol. The van der Waals surface area contributed by atoms with Gasteiger partial charge in [-0.15, -0.1) is 0 Å². The predicted molar refractivity (Wildman–Crippen MR) is 49.4 cm³/mol. The summed E-state index contributed by atoms with van der Waals surface area (Å²) in [5, 5.41) is 0. The summed E-state index contributed by atoms with van der Waals surface area (Å²) in [5.74, 6) is 0.587. The Hall–Kier alpha value is -0.990. The van der Waals surface area contributed by atoms with Gasteiger partial charge in [-0.1, -0.05) is 13.0 Å². The second-order valence-electron chi connectivity index (χ2n) is 3.34. The van der Waals surface area contributed by atoms with Crippen LogP contribution < -0.4 is 0 Å². The molecule has 3 heteroatoms. The maximum atomic E-state index is 10.9. The van der Waals surface area contributed by atoms with Gasteiger partial charge in [0.25, 0.3) is 0 Å². The highest BCUT2D eigenvalue weighted by molar-refractivity contribution is 5.60. The predicted octanol–water partition coefficient (Wildman–Crippen LogP) is 2.51. The van der Waals surface area contributed by atoms with Gasteiger partial charge < -0.3 is 9.47 Å². The molecule has 0 saturated carbocycles. The third-order valence-corrected chi connectivity index (χ3v) is 2.03. The second kappa shape index (κ2) is 4.90. The first-order chi connectivity index (χ1) is 6.22. The zero-order valence-electron chi connectivity index (χ0n) is 8.16. The summed E-state index contributed by atoms with van der Waals surface area (Å²) >= 11 is 0. The molecule has 0 unspecified atom stereocenters. The molecule has 13 heavy (non-hydrogen) atoms. The van der Waals surface area contributed by atoms with E-state index in [1.165, 1.54) is 0 Å². The standard InChI is InChI=1S/C10H16O3/c1-3-12-10(11)13-9-6-4-5-8(2)7-9/h4,6,8-9H,3,5,7H2,1-2H3/t8-,9+/m1/s1. The molecule has 0 spiro atoms. The Balaban J connectivity index is 2.32. The van der Waals surface area contributed by atoms with Crippen LogP contribution in [0, 0.1) is 5.92 Å². The number of carbonyl (C=O) groups is 1. The molecular weight excluding hydrogens is 168 g/mol. The van der Waals surface area contributed by atoms with Gasteiger partial charge in [0, 0.05) is 0 Å². The molecule has 1 aliphatic rings. The van der Waals surface area contributed by atoms with Gasteiger partial charge in [0.2, 0.25) is 0 Å². The third-order valence-electron chi connectivity index (χ3n) is 2.03. The lowest BCUT2D eigenvalue weighted by atomic mass is 9.94. The van der Waals surface area contributed by atoms with Gasteiger partial charge in [0.15, 0.2) is 0 Å². The molecule has 0 aromatic heterocycles. The van der Waals surface area contributed by atoms with E-state index in [0.29, 0.717) is 12.5 Å². The lowest BCUT2D eigenvalue weighted by Gasteiger charge is -2.21. The number of allylic oxidation sites excluding steroid dienone is 1. The summed E-state index contributed by atoms with van der Waals surface area (Å²) < 4.78 is 9.74. The Morgan fingerprint density at radius 3 is 3.00 bits per heavy atom. The molecule has 1 rings (SSSR count). The van der Waals surface area contributed by atoms with E-state index in [9.17, 15) is 4.79 Å².